The van der Waals surface area contributed by atoms with E-state index in [-0.39, 0.29) is 0 Å². The predicted octanol–water partition coefficient (Wildman–Crippen LogP) is 1.26. The van der Waals surface area contributed by atoms with Crippen molar-refractivity contribution in [3.63, 3.8) is 0 Å². The quantitative estimate of drug-likeness (QED) is 0.832. The summed E-state index contributed by atoms with van der Waals surface area (Å²) in [6, 6.07) is 2.71. The summed E-state index contributed by atoms with van der Waals surface area (Å²) < 4.78 is 2.21. The Labute approximate surface area is 97.6 Å². The first kappa shape index (κ1) is 11.6. The molecule has 16 heavy (non-hydrogen) atoms. The van der Waals surface area contributed by atoms with Crippen molar-refractivity contribution >= 4 is 0 Å². The highest BCUT2D eigenvalue weighted by molar-refractivity contribution is 5.02. The van der Waals surface area contributed by atoms with Gasteiger partial charge < -0.3 is 10.2 Å². The number of hydrogen-bond acceptors (Lipinski definition) is 3. The molecule has 90 valence electrons. The van der Waals surface area contributed by atoms with Crippen LogP contribution >= 0.6 is 0 Å². The van der Waals surface area contributed by atoms with Gasteiger partial charge in [-0.15, -0.1) is 0 Å². The molecule has 1 N–H and O–H groups in total. The average molecular weight is 222 g/mol. The molecule has 0 saturated carbocycles. The summed E-state index contributed by atoms with van der Waals surface area (Å²) >= 11 is 0. The van der Waals surface area contributed by atoms with Gasteiger partial charge in [-0.25, -0.2) is 0 Å². The van der Waals surface area contributed by atoms with Gasteiger partial charge in [0.05, 0.1) is 11.7 Å². The van der Waals surface area contributed by atoms with Gasteiger partial charge in [-0.3, -0.25) is 4.68 Å². The minimum Gasteiger partial charge on any atom is -0.314 e. The van der Waals surface area contributed by atoms with Crippen LogP contribution < -0.4 is 5.32 Å². The van der Waals surface area contributed by atoms with Gasteiger partial charge in [0.15, 0.2) is 0 Å². The van der Waals surface area contributed by atoms with Crippen molar-refractivity contribution in [1.82, 2.24) is 20.0 Å². The van der Waals surface area contributed by atoms with Crippen LogP contribution in [0.4, 0.5) is 0 Å². The molecule has 4 nitrogen and oxygen atoms in total. The summed E-state index contributed by atoms with van der Waals surface area (Å²) in [5, 5.41) is 7.67. The first-order valence-electron chi connectivity index (χ1n) is 6.24. The summed E-state index contributed by atoms with van der Waals surface area (Å²) in [5.74, 6) is 0. The molecular weight excluding hydrogens is 200 g/mol. The number of nitrogens with zero attached hydrogens (tertiary/aromatic N) is 3. The summed E-state index contributed by atoms with van der Waals surface area (Å²) in [4.78, 5) is 2.51. The fraction of sp³-hybridized carbons (Fsp3) is 0.750. The topological polar surface area (TPSA) is 33.1 Å². The Hall–Kier alpha value is -0.870. The second-order valence-electron chi connectivity index (χ2n) is 4.46. The molecule has 0 aromatic carbocycles. The van der Waals surface area contributed by atoms with Crippen LogP contribution in [0.3, 0.4) is 0 Å². The summed E-state index contributed by atoms with van der Waals surface area (Å²) in [6.07, 6.45) is 4.37. The molecule has 0 amide bonds. The monoisotopic (exact) mass is 222 g/mol. The van der Waals surface area contributed by atoms with Gasteiger partial charge in [0.1, 0.15) is 0 Å². The van der Waals surface area contributed by atoms with Gasteiger partial charge in [0.2, 0.25) is 0 Å². The number of piperidine rings is 1. The van der Waals surface area contributed by atoms with E-state index in [9.17, 15) is 0 Å². The smallest absolute Gasteiger partial charge is 0.0547 e. The van der Waals surface area contributed by atoms with E-state index in [0.717, 1.165) is 6.54 Å². The van der Waals surface area contributed by atoms with Gasteiger partial charge in [-0.1, -0.05) is 6.92 Å². The third kappa shape index (κ3) is 2.44. The summed E-state index contributed by atoms with van der Waals surface area (Å²) in [6.45, 7) is 6.74. The third-order valence-corrected chi connectivity index (χ3v) is 3.46. The van der Waals surface area contributed by atoms with E-state index in [1.807, 2.05) is 13.2 Å². The summed E-state index contributed by atoms with van der Waals surface area (Å²) in [5.41, 5.74) is 1.30. The normalized spacial score (nSPS) is 19.1. The molecule has 1 saturated heterocycles. The number of rotatable bonds is 4. The lowest BCUT2D eigenvalue weighted by Crippen LogP contribution is -2.35. The maximum Gasteiger partial charge on any atom is 0.0547 e. The zero-order valence-electron chi connectivity index (χ0n) is 10.3. The van der Waals surface area contributed by atoms with E-state index in [1.54, 1.807) is 0 Å². The Balaban J connectivity index is 1.99. The van der Waals surface area contributed by atoms with Crippen molar-refractivity contribution < 1.29 is 0 Å². The van der Waals surface area contributed by atoms with Gasteiger partial charge in [0, 0.05) is 25.8 Å². The molecule has 1 aliphatic rings. The molecule has 0 bridgehead atoms. The highest BCUT2D eigenvalue weighted by Gasteiger charge is 2.21. The highest BCUT2D eigenvalue weighted by Crippen LogP contribution is 2.22. The molecule has 1 aliphatic heterocycles. The van der Waals surface area contributed by atoms with Crippen LogP contribution in [0.15, 0.2) is 12.3 Å². The van der Waals surface area contributed by atoms with Crippen LogP contribution in [0.5, 0.6) is 0 Å². The third-order valence-electron chi connectivity index (χ3n) is 3.46. The number of likely N-dealkylation sites (tertiary alicyclic amines) is 1. The van der Waals surface area contributed by atoms with Crippen LogP contribution in [-0.4, -0.2) is 41.4 Å². The lowest BCUT2D eigenvalue weighted by Gasteiger charge is -2.31. The van der Waals surface area contributed by atoms with Crippen molar-refractivity contribution in [2.75, 3.05) is 26.7 Å². The van der Waals surface area contributed by atoms with Crippen molar-refractivity contribution in [2.45, 2.75) is 32.4 Å². The maximum absolute atomic E-state index is 4.47. The Morgan fingerprint density at radius 1 is 1.44 bits per heavy atom. The van der Waals surface area contributed by atoms with Gasteiger partial charge in [0.25, 0.3) is 0 Å². The lowest BCUT2D eigenvalue weighted by molar-refractivity contribution is 0.185. The molecule has 2 rings (SSSR count). The standard InChI is InChI=1S/C12H22N4/c1-3-15-8-5-11(6-9-15)16-12(10-13-2)4-7-14-16/h4,7,11,13H,3,5-6,8-10H2,1-2H3. The molecule has 1 fully saturated rings. The van der Waals surface area contributed by atoms with Crippen molar-refractivity contribution in [1.29, 1.82) is 0 Å². The van der Waals surface area contributed by atoms with Crippen LogP contribution in [0.25, 0.3) is 0 Å². The average Bonchev–Trinajstić information content (AvgIpc) is 2.78. The first-order valence-corrected chi connectivity index (χ1v) is 6.24. The van der Waals surface area contributed by atoms with E-state index in [4.69, 9.17) is 0 Å². The molecule has 1 aromatic rings. The largest absolute Gasteiger partial charge is 0.314 e. The van der Waals surface area contributed by atoms with Crippen molar-refractivity contribution in [3.05, 3.63) is 18.0 Å². The van der Waals surface area contributed by atoms with E-state index in [0.29, 0.717) is 6.04 Å². The zero-order chi connectivity index (χ0) is 11.4. The second kappa shape index (κ2) is 5.46. The molecular formula is C12H22N4. The van der Waals surface area contributed by atoms with Crippen molar-refractivity contribution in [2.24, 2.45) is 0 Å². The Bertz CT molecular complexity index is 313. The maximum atomic E-state index is 4.47. The second-order valence-corrected chi connectivity index (χ2v) is 4.46. The minimum atomic E-state index is 0.598. The Morgan fingerprint density at radius 3 is 2.81 bits per heavy atom. The molecule has 0 radical (unpaired) electrons. The lowest BCUT2D eigenvalue weighted by atomic mass is 10.1. The first-order chi connectivity index (χ1) is 7.85. The number of hydrogen-bond donors (Lipinski definition) is 1. The molecule has 4 heteroatoms. The van der Waals surface area contributed by atoms with Crippen LogP contribution in [0, 0.1) is 0 Å². The van der Waals surface area contributed by atoms with E-state index < -0.39 is 0 Å². The molecule has 2 heterocycles. The fourth-order valence-electron chi connectivity index (χ4n) is 2.47. The summed E-state index contributed by atoms with van der Waals surface area (Å²) in [7, 11) is 1.98. The Morgan fingerprint density at radius 2 is 2.19 bits per heavy atom. The molecule has 0 unspecified atom stereocenters. The van der Waals surface area contributed by atoms with Crippen LogP contribution in [0.1, 0.15) is 31.5 Å². The van der Waals surface area contributed by atoms with E-state index in [1.165, 1.54) is 38.2 Å². The Kier molecular flexibility index (Phi) is 3.96. The minimum absolute atomic E-state index is 0.598. The molecule has 0 aliphatic carbocycles. The highest BCUT2D eigenvalue weighted by atomic mass is 15.3. The molecule has 0 spiro atoms. The van der Waals surface area contributed by atoms with Crippen LogP contribution in [-0.2, 0) is 6.54 Å². The van der Waals surface area contributed by atoms with Crippen LogP contribution in [0.2, 0.25) is 0 Å². The number of nitrogens with one attached hydrogen (secondary N) is 1. The van der Waals surface area contributed by atoms with Crippen molar-refractivity contribution in [3.8, 4) is 0 Å². The predicted molar refractivity (Wildman–Crippen MR) is 65.4 cm³/mol. The van der Waals surface area contributed by atoms with Gasteiger partial charge in [-0.05, 0) is 32.5 Å². The van der Waals surface area contributed by atoms with E-state index in [2.05, 4.69) is 33.0 Å². The van der Waals surface area contributed by atoms with Gasteiger partial charge in [-0.2, -0.15) is 5.10 Å². The van der Waals surface area contributed by atoms with E-state index >= 15 is 0 Å². The zero-order valence-corrected chi connectivity index (χ0v) is 10.3. The molecule has 1 aromatic heterocycles. The fourth-order valence-corrected chi connectivity index (χ4v) is 2.47. The number of aromatic nitrogens is 2. The van der Waals surface area contributed by atoms with Gasteiger partial charge >= 0.3 is 0 Å². The SMILES string of the molecule is CCN1CCC(n2nccc2CNC)CC1. The molecule has 0 atom stereocenters.